The number of hydrogen-bond donors (Lipinski definition) is 2. The van der Waals surface area contributed by atoms with Crippen LogP contribution in [0.4, 0.5) is 17.3 Å². The van der Waals surface area contributed by atoms with Crippen molar-refractivity contribution in [3.8, 4) is 11.5 Å². The molecule has 7 nitrogen and oxygen atoms in total. The van der Waals surface area contributed by atoms with Crippen LogP contribution in [0.5, 0.6) is 11.5 Å². The Balaban J connectivity index is 1.66. The number of aryl methyl sites for hydroxylation is 1. The summed E-state index contributed by atoms with van der Waals surface area (Å²) in [5.74, 6) is 1.23. The Kier molecular flexibility index (Phi) is 6.06. The molecule has 3 rings (SSSR count). The second-order valence-corrected chi connectivity index (χ2v) is 5.99. The zero-order valence-electron chi connectivity index (χ0n) is 16.0. The Labute approximate surface area is 163 Å². The number of nitrogens with one attached hydrogen (secondary N) is 2. The fraction of sp³-hybridized carbons (Fsp3) is 0.190. The molecular weight excluding hydrogens is 356 g/mol. The van der Waals surface area contributed by atoms with Crippen LogP contribution in [0, 0.1) is 0 Å². The van der Waals surface area contributed by atoms with Crippen molar-refractivity contribution >= 4 is 23.2 Å². The van der Waals surface area contributed by atoms with E-state index in [2.05, 4.69) is 27.5 Å². The van der Waals surface area contributed by atoms with E-state index in [9.17, 15) is 4.79 Å². The zero-order valence-corrected chi connectivity index (χ0v) is 16.0. The summed E-state index contributed by atoms with van der Waals surface area (Å²) in [5.41, 5.74) is 3.08. The standard InChI is InChI=1S/C21H22N4O3/c1-4-14-5-7-16(8-6-14)25-21-22-12-15(13-23-21)20(26)24-17-9-10-18(27-2)19(11-17)28-3/h5-13H,4H2,1-3H3,(H,24,26)(H,22,23,25). The quantitative estimate of drug-likeness (QED) is 0.645. The van der Waals surface area contributed by atoms with Gasteiger partial charge < -0.3 is 20.1 Å². The van der Waals surface area contributed by atoms with Gasteiger partial charge in [0.2, 0.25) is 5.95 Å². The van der Waals surface area contributed by atoms with Gasteiger partial charge in [0, 0.05) is 29.8 Å². The minimum Gasteiger partial charge on any atom is -0.493 e. The zero-order chi connectivity index (χ0) is 19.9. The first-order valence-electron chi connectivity index (χ1n) is 8.84. The van der Waals surface area contributed by atoms with E-state index in [1.807, 2.05) is 24.3 Å². The fourth-order valence-electron chi connectivity index (χ4n) is 2.58. The molecule has 2 aromatic carbocycles. The second-order valence-electron chi connectivity index (χ2n) is 5.99. The topological polar surface area (TPSA) is 85.4 Å². The van der Waals surface area contributed by atoms with Gasteiger partial charge in [-0.05, 0) is 36.2 Å². The first kappa shape index (κ1) is 19.2. The molecule has 144 valence electrons. The Hall–Kier alpha value is -3.61. The van der Waals surface area contributed by atoms with Crippen molar-refractivity contribution in [1.82, 2.24) is 9.97 Å². The van der Waals surface area contributed by atoms with E-state index >= 15 is 0 Å². The average Bonchev–Trinajstić information content (AvgIpc) is 2.74. The van der Waals surface area contributed by atoms with Crippen LogP contribution < -0.4 is 20.1 Å². The van der Waals surface area contributed by atoms with E-state index in [-0.39, 0.29) is 5.91 Å². The normalized spacial score (nSPS) is 10.2. The number of ether oxygens (including phenoxy) is 2. The van der Waals surface area contributed by atoms with Gasteiger partial charge in [0.25, 0.3) is 5.91 Å². The van der Waals surface area contributed by atoms with Gasteiger partial charge in [0.15, 0.2) is 11.5 Å². The van der Waals surface area contributed by atoms with E-state index in [1.54, 1.807) is 32.4 Å². The van der Waals surface area contributed by atoms with Crippen molar-refractivity contribution in [2.24, 2.45) is 0 Å². The summed E-state index contributed by atoms with van der Waals surface area (Å²) in [4.78, 5) is 20.8. The third-order valence-electron chi connectivity index (χ3n) is 4.17. The molecule has 0 saturated carbocycles. The van der Waals surface area contributed by atoms with Gasteiger partial charge in [-0.15, -0.1) is 0 Å². The van der Waals surface area contributed by atoms with Gasteiger partial charge in [0.05, 0.1) is 19.8 Å². The second kappa shape index (κ2) is 8.85. The highest BCUT2D eigenvalue weighted by molar-refractivity contribution is 6.04. The molecule has 0 aliphatic carbocycles. The lowest BCUT2D eigenvalue weighted by molar-refractivity contribution is 0.102. The van der Waals surface area contributed by atoms with Crippen LogP contribution in [-0.4, -0.2) is 30.1 Å². The smallest absolute Gasteiger partial charge is 0.258 e. The number of anilines is 3. The summed E-state index contributed by atoms with van der Waals surface area (Å²) >= 11 is 0. The number of amides is 1. The Bertz CT molecular complexity index is 941. The summed E-state index contributed by atoms with van der Waals surface area (Å²) in [6.07, 6.45) is 3.94. The van der Waals surface area contributed by atoms with Crippen LogP contribution in [-0.2, 0) is 6.42 Å². The molecule has 0 atom stereocenters. The highest BCUT2D eigenvalue weighted by Crippen LogP contribution is 2.29. The molecule has 0 unspecified atom stereocenters. The minimum absolute atomic E-state index is 0.314. The molecule has 28 heavy (non-hydrogen) atoms. The molecule has 0 bridgehead atoms. The van der Waals surface area contributed by atoms with Crippen LogP contribution in [0.25, 0.3) is 0 Å². The third kappa shape index (κ3) is 4.56. The van der Waals surface area contributed by atoms with Crippen molar-refractivity contribution in [3.63, 3.8) is 0 Å². The number of nitrogens with zero attached hydrogens (tertiary/aromatic N) is 2. The molecular formula is C21H22N4O3. The number of methoxy groups -OCH3 is 2. The molecule has 0 aliphatic heterocycles. The van der Waals surface area contributed by atoms with Gasteiger partial charge >= 0.3 is 0 Å². The van der Waals surface area contributed by atoms with Crippen molar-refractivity contribution in [3.05, 3.63) is 66.0 Å². The van der Waals surface area contributed by atoms with E-state index < -0.39 is 0 Å². The number of carbonyl (C=O) groups is 1. The number of aromatic nitrogens is 2. The largest absolute Gasteiger partial charge is 0.493 e. The molecule has 1 amide bonds. The van der Waals surface area contributed by atoms with E-state index in [4.69, 9.17) is 9.47 Å². The van der Waals surface area contributed by atoms with Gasteiger partial charge in [-0.25, -0.2) is 9.97 Å². The Morgan fingerprint density at radius 3 is 2.18 bits per heavy atom. The predicted octanol–water partition coefficient (Wildman–Crippen LogP) is 4.05. The highest BCUT2D eigenvalue weighted by Gasteiger charge is 2.10. The first-order chi connectivity index (χ1) is 13.6. The molecule has 3 aromatic rings. The van der Waals surface area contributed by atoms with E-state index in [0.29, 0.717) is 28.7 Å². The molecule has 0 spiro atoms. The lowest BCUT2D eigenvalue weighted by atomic mass is 10.1. The van der Waals surface area contributed by atoms with Crippen molar-refractivity contribution in [2.75, 3.05) is 24.9 Å². The molecule has 0 radical (unpaired) electrons. The molecule has 1 aromatic heterocycles. The summed E-state index contributed by atoms with van der Waals surface area (Å²) in [6, 6.07) is 13.2. The maximum atomic E-state index is 12.4. The first-order valence-corrected chi connectivity index (χ1v) is 8.84. The predicted molar refractivity (Wildman–Crippen MR) is 109 cm³/mol. The number of rotatable bonds is 7. The van der Waals surface area contributed by atoms with Crippen molar-refractivity contribution < 1.29 is 14.3 Å². The maximum absolute atomic E-state index is 12.4. The van der Waals surface area contributed by atoms with Crippen LogP contribution in [0.3, 0.4) is 0 Å². The molecule has 2 N–H and O–H groups in total. The van der Waals surface area contributed by atoms with Crippen molar-refractivity contribution in [2.45, 2.75) is 13.3 Å². The SMILES string of the molecule is CCc1ccc(Nc2ncc(C(=O)Nc3ccc(OC)c(OC)c3)cn2)cc1. The summed E-state index contributed by atoms with van der Waals surface area (Å²) in [6.45, 7) is 2.11. The summed E-state index contributed by atoms with van der Waals surface area (Å²) in [7, 11) is 3.10. The van der Waals surface area contributed by atoms with E-state index in [1.165, 1.54) is 18.0 Å². The maximum Gasteiger partial charge on any atom is 0.258 e. The van der Waals surface area contributed by atoms with Crippen LogP contribution in [0.15, 0.2) is 54.9 Å². The molecule has 7 heteroatoms. The van der Waals surface area contributed by atoms with Gasteiger partial charge in [-0.3, -0.25) is 4.79 Å². The van der Waals surface area contributed by atoms with Crippen molar-refractivity contribution in [1.29, 1.82) is 0 Å². The highest BCUT2D eigenvalue weighted by atomic mass is 16.5. The summed E-state index contributed by atoms with van der Waals surface area (Å²) in [5, 5.41) is 5.91. The van der Waals surface area contributed by atoms with Crippen LogP contribution in [0.2, 0.25) is 0 Å². The molecule has 0 saturated heterocycles. The Morgan fingerprint density at radius 2 is 1.57 bits per heavy atom. The molecule has 0 aliphatic rings. The van der Waals surface area contributed by atoms with Gasteiger partial charge in [0.1, 0.15) is 0 Å². The lowest BCUT2D eigenvalue weighted by Crippen LogP contribution is -2.13. The van der Waals surface area contributed by atoms with Gasteiger partial charge in [-0.1, -0.05) is 19.1 Å². The number of carbonyl (C=O) groups excluding carboxylic acids is 1. The summed E-state index contributed by atoms with van der Waals surface area (Å²) < 4.78 is 10.4. The number of hydrogen-bond acceptors (Lipinski definition) is 6. The average molecular weight is 378 g/mol. The molecule has 1 heterocycles. The van der Waals surface area contributed by atoms with Crippen LogP contribution in [0.1, 0.15) is 22.8 Å². The van der Waals surface area contributed by atoms with Crippen LogP contribution >= 0.6 is 0 Å². The Morgan fingerprint density at radius 1 is 0.929 bits per heavy atom. The lowest BCUT2D eigenvalue weighted by Gasteiger charge is -2.10. The van der Waals surface area contributed by atoms with Gasteiger partial charge in [-0.2, -0.15) is 0 Å². The minimum atomic E-state index is -0.314. The monoisotopic (exact) mass is 378 g/mol. The van der Waals surface area contributed by atoms with E-state index in [0.717, 1.165) is 12.1 Å². The molecule has 0 fully saturated rings. The third-order valence-corrected chi connectivity index (χ3v) is 4.17. The number of benzene rings is 2. The fourth-order valence-corrected chi connectivity index (χ4v) is 2.58.